The number of nitrogens with one attached hydrogen (secondary N) is 3. The Morgan fingerprint density at radius 3 is 2.74 bits per heavy atom. The number of amides is 1. The van der Waals surface area contributed by atoms with Gasteiger partial charge < -0.3 is 15.4 Å². The van der Waals surface area contributed by atoms with Crippen molar-refractivity contribution in [1.29, 1.82) is 0 Å². The minimum atomic E-state index is -0.544. The molecule has 1 amide bonds. The number of H-pyrrole nitrogens is 2. The summed E-state index contributed by atoms with van der Waals surface area (Å²) in [4.78, 5) is 29.1. The molecule has 0 atom stereocenters. The summed E-state index contributed by atoms with van der Waals surface area (Å²) in [7, 11) is 0. The molecule has 0 saturated heterocycles. The minimum Gasteiger partial charge on any atom is -0.508 e. The molecule has 9 nitrogen and oxygen atoms in total. The Morgan fingerprint density at radius 1 is 1.03 bits per heavy atom. The maximum Gasteiger partial charge on any atom is 0.227 e. The maximum absolute atomic E-state index is 14.0. The van der Waals surface area contributed by atoms with Crippen LogP contribution in [0.5, 0.6) is 5.75 Å². The van der Waals surface area contributed by atoms with Gasteiger partial charge in [-0.3, -0.25) is 14.9 Å². The molecule has 39 heavy (non-hydrogen) atoms. The third kappa shape index (κ3) is 4.15. The van der Waals surface area contributed by atoms with Crippen LogP contribution in [0.25, 0.3) is 55.8 Å². The fraction of sp³-hybridized carbons (Fsp3) is 0.138. The topological polar surface area (TPSA) is 132 Å². The fourth-order valence-electron chi connectivity index (χ4n) is 4.94. The monoisotopic (exact) mass is 519 g/mol. The number of imidazole rings is 1. The van der Waals surface area contributed by atoms with Crippen LogP contribution in [0.4, 0.5) is 10.1 Å². The van der Waals surface area contributed by atoms with Crippen molar-refractivity contribution in [2.75, 3.05) is 5.32 Å². The third-order valence-corrected chi connectivity index (χ3v) is 7.18. The van der Waals surface area contributed by atoms with Crippen molar-refractivity contribution in [2.24, 2.45) is 5.92 Å². The number of carbonyl (C=O) groups excluding carboxylic acids is 1. The Morgan fingerprint density at radius 2 is 1.92 bits per heavy atom. The van der Waals surface area contributed by atoms with Gasteiger partial charge in [-0.25, -0.2) is 14.4 Å². The summed E-state index contributed by atoms with van der Waals surface area (Å²) < 4.78 is 14.0. The summed E-state index contributed by atoms with van der Waals surface area (Å²) in [5.41, 5.74) is 6.00. The van der Waals surface area contributed by atoms with Gasteiger partial charge in [-0.2, -0.15) is 5.10 Å². The predicted molar refractivity (Wildman–Crippen MR) is 145 cm³/mol. The van der Waals surface area contributed by atoms with Crippen molar-refractivity contribution in [1.82, 2.24) is 30.1 Å². The highest BCUT2D eigenvalue weighted by atomic mass is 19.1. The molecule has 0 bridgehead atoms. The molecule has 4 N–H and O–H groups in total. The largest absolute Gasteiger partial charge is 0.508 e. The van der Waals surface area contributed by atoms with Gasteiger partial charge in [-0.1, -0.05) is 12.5 Å². The van der Waals surface area contributed by atoms with Crippen LogP contribution >= 0.6 is 0 Å². The van der Waals surface area contributed by atoms with Crippen LogP contribution < -0.4 is 5.32 Å². The van der Waals surface area contributed by atoms with Gasteiger partial charge in [0.1, 0.15) is 22.8 Å². The van der Waals surface area contributed by atoms with Gasteiger partial charge in [-0.05, 0) is 60.4 Å². The van der Waals surface area contributed by atoms with Crippen LogP contribution in [0.15, 0.2) is 67.1 Å². The lowest BCUT2D eigenvalue weighted by Crippen LogP contribution is -2.28. The number of fused-ring (bicyclic) bond motifs is 2. The zero-order chi connectivity index (χ0) is 26.5. The second-order valence-corrected chi connectivity index (χ2v) is 9.75. The molecule has 6 aromatic rings. The molecule has 1 fully saturated rings. The Bertz CT molecular complexity index is 1870. The SMILES string of the molecule is O=C(Nc1cncc(-c2ccc3[nH]nc(-c4nc5c(-c6cc(O)cc(F)c6)ccnc5[nH]4)c3c2)c1)C1CCC1. The van der Waals surface area contributed by atoms with Crippen molar-refractivity contribution in [3.05, 3.63) is 72.9 Å². The molecule has 4 heterocycles. The van der Waals surface area contributed by atoms with E-state index in [4.69, 9.17) is 4.98 Å². The van der Waals surface area contributed by atoms with Crippen molar-refractivity contribution in [3.63, 3.8) is 0 Å². The van der Waals surface area contributed by atoms with Gasteiger partial charge in [0.2, 0.25) is 5.91 Å². The number of hydrogen-bond acceptors (Lipinski definition) is 6. The van der Waals surface area contributed by atoms with Crippen molar-refractivity contribution < 1.29 is 14.3 Å². The molecule has 4 aromatic heterocycles. The van der Waals surface area contributed by atoms with E-state index in [0.29, 0.717) is 39.5 Å². The Hall–Kier alpha value is -5.12. The minimum absolute atomic E-state index is 0.0408. The van der Waals surface area contributed by atoms with Crippen molar-refractivity contribution in [3.8, 4) is 39.5 Å². The normalized spacial score (nSPS) is 13.6. The highest BCUT2D eigenvalue weighted by molar-refractivity contribution is 5.98. The number of halogens is 1. The predicted octanol–water partition coefficient (Wildman–Crippen LogP) is 5.81. The number of aromatic amines is 2. The number of aromatic hydroxyl groups is 1. The van der Waals surface area contributed by atoms with Gasteiger partial charge in [-0.15, -0.1) is 0 Å². The lowest BCUT2D eigenvalue weighted by molar-refractivity contribution is -0.122. The summed E-state index contributed by atoms with van der Waals surface area (Å²) in [6.07, 6.45) is 7.97. The first-order valence-electron chi connectivity index (χ1n) is 12.6. The zero-order valence-electron chi connectivity index (χ0n) is 20.6. The summed E-state index contributed by atoms with van der Waals surface area (Å²) in [6.45, 7) is 0. The number of benzene rings is 2. The third-order valence-electron chi connectivity index (χ3n) is 7.18. The Balaban J connectivity index is 1.27. The molecule has 0 aliphatic heterocycles. The number of carbonyl (C=O) groups is 1. The average Bonchev–Trinajstić information content (AvgIpc) is 3.50. The highest BCUT2D eigenvalue weighted by Crippen LogP contribution is 2.34. The number of aromatic nitrogens is 6. The smallest absolute Gasteiger partial charge is 0.227 e. The van der Waals surface area contributed by atoms with E-state index in [9.17, 15) is 14.3 Å². The molecule has 7 rings (SSSR count). The van der Waals surface area contributed by atoms with E-state index >= 15 is 0 Å². The summed E-state index contributed by atoms with van der Waals surface area (Å²) in [6, 6.07) is 13.4. The first kappa shape index (κ1) is 23.0. The molecule has 192 valence electrons. The summed E-state index contributed by atoms with van der Waals surface area (Å²) in [5, 5.41) is 21.3. The molecular formula is C29H22FN7O2. The zero-order valence-corrected chi connectivity index (χ0v) is 20.6. The van der Waals surface area contributed by atoms with Gasteiger partial charge in [0.05, 0.1) is 17.4 Å². The van der Waals surface area contributed by atoms with E-state index in [0.717, 1.165) is 47.4 Å². The van der Waals surface area contributed by atoms with Crippen molar-refractivity contribution in [2.45, 2.75) is 19.3 Å². The second kappa shape index (κ2) is 9.02. The van der Waals surface area contributed by atoms with E-state index in [1.807, 2.05) is 24.3 Å². The number of nitrogens with zero attached hydrogens (tertiary/aromatic N) is 4. The fourth-order valence-corrected chi connectivity index (χ4v) is 4.94. The van der Waals surface area contributed by atoms with Crippen LogP contribution in [0.3, 0.4) is 0 Å². The molecule has 1 saturated carbocycles. The molecule has 1 aliphatic carbocycles. The standard InChI is InChI=1S/C29H22FN7O2/c30-19-8-17(10-21(38)12-19)22-6-7-32-27-25(22)34-28(35-27)26-23-11-16(4-5-24(23)36-37-26)18-9-20(14-31-13-18)33-29(39)15-2-1-3-15/h4-15,38H,1-3H2,(H,33,39)(H,36,37)(H,32,34,35). The molecule has 2 aromatic carbocycles. The van der Waals surface area contributed by atoms with E-state index in [2.05, 4.69) is 30.5 Å². The first-order valence-corrected chi connectivity index (χ1v) is 12.6. The average molecular weight is 520 g/mol. The molecule has 1 aliphatic rings. The molecule has 0 radical (unpaired) electrons. The van der Waals surface area contributed by atoms with Crippen LogP contribution in [0.1, 0.15) is 19.3 Å². The molecular weight excluding hydrogens is 497 g/mol. The van der Waals surface area contributed by atoms with Crippen molar-refractivity contribution >= 4 is 33.7 Å². The molecule has 0 unspecified atom stereocenters. The number of anilines is 1. The van der Waals surface area contributed by atoms with E-state index in [1.54, 1.807) is 24.7 Å². The number of hydrogen-bond donors (Lipinski definition) is 4. The number of phenols is 1. The highest BCUT2D eigenvalue weighted by Gasteiger charge is 2.25. The lowest BCUT2D eigenvalue weighted by Gasteiger charge is -2.24. The molecule has 10 heteroatoms. The molecule has 0 spiro atoms. The van der Waals surface area contributed by atoms with E-state index in [1.165, 1.54) is 12.1 Å². The summed E-state index contributed by atoms with van der Waals surface area (Å²) >= 11 is 0. The maximum atomic E-state index is 14.0. The van der Waals surface area contributed by atoms with Gasteiger partial charge in [0, 0.05) is 40.9 Å². The van der Waals surface area contributed by atoms with Crippen LogP contribution in [-0.2, 0) is 4.79 Å². The van der Waals surface area contributed by atoms with E-state index < -0.39 is 5.82 Å². The van der Waals surface area contributed by atoms with Crippen LogP contribution in [-0.4, -0.2) is 41.1 Å². The van der Waals surface area contributed by atoms with Gasteiger partial charge in [0.15, 0.2) is 11.5 Å². The van der Waals surface area contributed by atoms with Gasteiger partial charge >= 0.3 is 0 Å². The van der Waals surface area contributed by atoms with E-state index in [-0.39, 0.29) is 17.6 Å². The number of pyridine rings is 2. The number of rotatable bonds is 5. The first-order chi connectivity index (χ1) is 19.0. The quantitative estimate of drug-likeness (QED) is 0.227. The van der Waals surface area contributed by atoms with Crippen LogP contribution in [0.2, 0.25) is 0 Å². The van der Waals surface area contributed by atoms with Gasteiger partial charge in [0.25, 0.3) is 0 Å². The Kier molecular flexibility index (Phi) is 5.32. The second-order valence-electron chi connectivity index (χ2n) is 9.75. The van der Waals surface area contributed by atoms with Crippen LogP contribution in [0, 0.1) is 11.7 Å². The summed E-state index contributed by atoms with van der Waals surface area (Å²) in [5.74, 6) is -0.0907. The lowest BCUT2D eigenvalue weighted by atomic mass is 9.85. The number of phenolic OH excluding ortho intramolecular Hbond substituents is 1. The Labute approximate surface area is 221 Å².